The van der Waals surface area contributed by atoms with Gasteiger partial charge in [0.05, 0.1) is 0 Å². The van der Waals surface area contributed by atoms with Gasteiger partial charge in [-0.05, 0) is 77.0 Å². The Morgan fingerprint density at radius 3 is 0.800 bits per heavy atom. The first-order valence-corrected chi connectivity index (χ1v) is 35.6. The standard InChI is InChI=1S/C74H136O6/c1-4-7-10-13-16-19-22-25-27-28-29-30-31-32-33-34-35-36-37-38-39-40-41-42-43-44-45-46-48-49-52-55-58-61-64-67-73(76)79-70-71(69-78-72(75)66-63-60-57-54-51-24-21-18-15-12-9-6-3)80-74(77)68-65-62-59-56-53-50-47-26-23-20-17-14-11-8-5-2/h8,11,17-18,20-21,26,47,71H,4-7,9-10,12-16,19,22-25,27-46,48-70H2,1-3H3/b11-8-,20-17-,21-18-,47-26-. The van der Waals surface area contributed by atoms with E-state index in [0.717, 1.165) is 103 Å². The maximum absolute atomic E-state index is 12.9. The fourth-order valence-electron chi connectivity index (χ4n) is 10.8. The number of hydrogen-bond donors (Lipinski definition) is 0. The lowest BCUT2D eigenvalue weighted by molar-refractivity contribution is -0.167. The van der Waals surface area contributed by atoms with Gasteiger partial charge in [-0.2, -0.15) is 0 Å². The molecule has 0 aliphatic carbocycles. The number of allylic oxidation sites excluding steroid dienone is 8. The van der Waals surface area contributed by atoms with Gasteiger partial charge >= 0.3 is 17.9 Å². The maximum Gasteiger partial charge on any atom is 0.306 e. The Labute approximate surface area is 498 Å². The second kappa shape index (κ2) is 68.9. The van der Waals surface area contributed by atoms with Gasteiger partial charge in [-0.15, -0.1) is 0 Å². The van der Waals surface area contributed by atoms with Crippen molar-refractivity contribution in [2.45, 2.75) is 393 Å². The summed E-state index contributed by atoms with van der Waals surface area (Å²) in [4.78, 5) is 38.3. The Morgan fingerprint density at radius 1 is 0.263 bits per heavy atom. The van der Waals surface area contributed by atoms with Crippen LogP contribution in [0.15, 0.2) is 48.6 Å². The average molecular weight is 1120 g/mol. The molecule has 0 aromatic carbocycles. The molecule has 0 N–H and O–H groups in total. The number of carbonyl (C=O) groups excluding carboxylic acids is 3. The van der Waals surface area contributed by atoms with E-state index in [9.17, 15) is 14.4 Å². The largest absolute Gasteiger partial charge is 0.462 e. The smallest absolute Gasteiger partial charge is 0.306 e. The molecule has 0 aromatic heterocycles. The van der Waals surface area contributed by atoms with Crippen LogP contribution >= 0.6 is 0 Å². The first kappa shape index (κ1) is 77.4. The van der Waals surface area contributed by atoms with Crippen LogP contribution in [0.25, 0.3) is 0 Å². The second-order valence-corrected chi connectivity index (χ2v) is 24.1. The summed E-state index contributed by atoms with van der Waals surface area (Å²) in [6.07, 6.45) is 87.5. The van der Waals surface area contributed by atoms with Gasteiger partial charge in [-0.1, -0.05) is 339 Å². The van der Waals surface area contributed by atoms with Crippen LogP contribution in [-0.2, 0) is 28.6 Å². The molecule has 0 bridgehead atoms. The number of esters is 3. The van der Waals surface area contributed by atoms with Crippen LogP contribution in [0.5, 0.6) is 0 Å². The van der Waals surface area contributed by atoms with Gasteiger partial charge in [0.2, 0.25) is 0 Å². The number of carbonyl (C=O) groups is 3. The topological polar surface area (TPSA) is 78.9 Å². The summed E-state index contributed by atoms with van der Waals surface area (Å²) in [5, 5.41) is 0. The summed E-state index contributed by atoms with van der Waals surface area (Å²) >= 11 is 0. The van der Waals surface area contributed by atoms with E-state index in [-0.39, 0.29) is 31.1 Å². The minimum atomic E-state index is -0.784. The third-order valence-electron chi connectivity index (χ3n) is 16.1. The fraction of sp³-hybridized carbons (Fsp3) is 0.851. The minimum Gasteiger partial charge on any atom is -0.462 e. The molecule has 0 aliphatic rings. The zero-order valence-electron chi connectivity index (χ0n) is 53.9. The third kappa shape index (κ3) is 66.2. The fourth-order valence-corrected chi connectivity index (χ4v) is 10.8. The highest BCUT2D eigenvalue weighted by molar-refractivity contribution is 5.71. The van der Waals surface area contributed by atoms with Crippen LogP contribution in [0, 0.1) is 0 Å². The molecule has 0 saturated carbocycles. The van der Waals surface area contributed by atoms with Crippen LogP contribution in [0.4, 0.5) is 0 Å². The number of rotatable bonds is 66. The molecule has 0 rings (SSSR count). The maximum atomic E-state index is 12.9. The quantitative estimate of drug-likeness (QED) is 0.0261. The van der Waals surface area contributed by atoms with Gasteiger partial charge in [-0.25, -0.2) is 0 Å². The summed E-state index contributed by atoms with van der Waals surface area (Å²) in [5.41, 5.74) is 0. The van der Waals surface area contributed by atoms with Gasteiger partial charge in [0.15, 0.2) is 6.10 Å². The van der Waals surface area contributed by atoms with Crippen LogP contribution in [0.2, 0.25) is 0 Å². The Bertz CT molecular complexity index is 1380. The molecule has 0 fully saturated rings. The number of unbranched alkanes of at least 4 members (excludes halogenated alkanes) is 47. The van der Waals surface area contributed by atoms with Crippen LogP contribution in [-0.4, -0.2) is 37.2 Å². The predicted octanol–water partition coefficient (Wildman–Crippen LogP) is 24.5. The molecular weight excluding hydrogens is 985 g/mol. The second-order valence-electron chi connectivity index (χ2n) is 24.1. The van der Waals surface area contributed by atoms with Crippen molar-refractivity contribution in [1.29, 1.82) is 0 Å². The molecule has 80 heavy (non-hydrogen) atoms. The van der Waals surface area contributed by atoms with Crippen molar-refractivity contribution >= 4 is 17.9 Å². The average Bonchev–Trinajstić information content (AvgIpc) is 3.46. The molecule has 0 aromatic rings. The Morgan fingerprint density at radius 2 is 0.487 bits per heavy atom. The molecule has 6 nitrogen and oxygen atoms in total. The highest BCUT2D eigenvalue weighted by Crippen LogP contribution is 2.19. The molecular formula is C74H136O6. The van der Waals surface area contributed by atoms with E-state index in [1.54, 1.807) is 0 Å². The van der Waals surface area contributed by atoms with Gasteiger partial charge < -0.3 is 14.2 Å². The molecule has 0 saturated heterocycles. The summed E-state index contributed by atoms with van der Waals surface area (Å²) in [6, 6.07) is 0. The molecule has 0 radical (unpaired) electrons. The Balaban J connectivity index is 4.03. The molecule has 0 aliphatic heterocycles. The van der Waals surface area contributed by atoms with Gasteiger partial charge in [-0.3, -0.25) is 14.4 Å². The van der Waals surface area contributed by atoms with Gasteiger partial charge in [0, 0.05) is 19.3 Å². The van der Waals surface area contributed by atoms with E-state index >= 15 is 0 Å². The van der Waals surface area contributed by atoms with Crippen LogP contribution in [0.3, 0.4) is 0 Å². The number of hydrogen-bond acceptors (Lipinski definition) is 6. The van der Waals surface area contributed by atoms with E-state index in [0.29, 0.717) is 19.3 Å². The first-order chi connectivity index (χ1) is 39.5. The molecule has 0 heterocycles. The summed E-state index contributed by atoms with van der Waals surface area (Å²) in [7, 11) is 0. The lowest BCUT2D eigenvalue weighted by atomic mass is 10.0. The third-order valence-corrected chi connectivity index (χ3v) is 16.1. The zero-order valence-corrected chi connectivity index (χ0v) is 53.9. The van der Waals surface area contributed by atoms with Crippen molar-refractivity contribution in [2.24, 2.45) is 0 Å². The van der Waals surface area contributed by atoms with E-state index in [1.165, 1.54) is 244 Å². The van der Waals surface area contributed by atoms with E-state index in [4.69, 9.17) is 14.2 Å². The van der Waals surface area contributed by atoms with E-state index in [1.807, 2.05) is 0 Å². The van der Waals surface area contributed by atoms with Crippen LogP contribution in [0.1, 0.15) is 387 Å². The predicted molar refractivity (Wildman–Crippen MR) is 349 cm³/mol. The summed E-state index contributed by atoms with van der Waals surface area (Å²) in [5.74, 6) is -0.887. The zero-order chi connectivity index (χ0) is 57.8. The van der Waals surface area contributed by atoms with Crippen LogP contribution < -0.4 is 0 Å². The Hall–Kier alpha value is -2.63. The van der Waals surface area contributed by atoms with Crippen molar-refractivity contribution in [2.75, 3.05) is 13.2 Å². The lowest BCUT2D eigenvalue weighted by Gasteiger charge is -2.18. The van der Waals surface area contributed by atoms with Crippen molar-refractivity contribution in [1.82, 2.24) is 0 Å². The molecule has 0 amide bonds. The lowest BCUT2D eigenvalue weighted by Crippen LogP contribution is -2.30. The number of ether oxygens (including phenoxy) is 3. The normalized spacial score (nSPS) is 12.3. The highest BCUT2D eigenvalue weighted by atomic mass is 16.6. The molecule has 1 unspecified atom stereocenters. The van der Waals surface area contributed by atoms with Gasteiger partial charge in [0.25, 0.3) is 0 Å². The SMILES string of the molecule is CC/C=C\C/C=C\C/C=C\CCCCCCCC(=O)OC(COC(=O)CCCCCCC/C=C\CCCCC)COC(=O)CCCCCCCCCCCCCCCCCCCCCCCCCCCCCCCCCCCCC. The van der Waals surface area contributed by atoms with E-state index in [2.05, 4.69) is 69.4 Å². The highest BCUT2D eigenvalue weighted by Gasteiger charge is 2.19. The van der Waals surface area contributed by atoms with Crippen molar-refractivity contribution in [3.8, 4) is 0 Å². The summed E-state index contributed by atoms with van der Waals surface area (Å²) in [6.45, 7) is 6.54. The van der Waals surface area contributed by atoms with Crippen molar-refractivity contribution in [3.05, 3.63) is 48.6 Å². The van der Waals surface area contributed by atoms with Crippen molar-refractivity contribution in [3.63, 3.8) is 0 Å². The molecule has 0 spiro atoms. The Kier molecular flexibility index (Phi) is 66.6. The van der Waals surface area contributed by atoms with Gasteiger partial charge in [0.1, 0.15) is 13.2 Å². The van der Waals surface area contributed by atoms with E-state index < -0.39 is 6.10 Å². The first-order valence-electron chi connectivity index (χ1n) is 35.6. The monoisotopic (exact) mass is 1120 g/mol. The van der Waals surface area contributed by atoms with Crippen molar-refractivity contribution < 1.29 is 28.6 Å². The summed E-state index contributed by atoms with van der Waals surface area (Å²) < 4.78 is 16.9. The minimum absolute atomic E-state index is 0.0796. The molecule has 468 valence electrons. The molecule has 1 atom stereocenters. The molecule has 6 heteroatoms.